The van der Waals surface area contributed by atoms with E-state index in [4.69, 9.17) is 32.9 Å². The zero-order chi connectivity index (χ0) is 30.3. The number of ether oxygens (including phenoxy) is 1. The Kier molecular flexibility index (Phi) is 6.48. The number of hydrogen-bond donors (Lipinski definition) is 1. The second-order valence-electron chi connectivity index (χ2n) is 12.2. The zero-order valence-electron chi connectivity index (χ0n) is 24.6. The molecule has 2 amide bonds. The molecule has 4 aromatic rings. The van der Waals surface area contributed by atoms with E-state index in [1.165, 1.54) is 0 Å². The van der Waals surface area contributed by atoms with Crippen LogP contribution in [-0.4, -0.2) is 28.5 Å². The van der Waals surface area contributed by atoms with Crippen LogP contribution in [0.5, 0.6) is 5.75 Å². The summed E-state index contributed by atoms with van der Waals surface area (Å²) in [5, 5.41) is 3.94. The minimum atomic E-state index is -1.55. The summed E-state index contributed by atoms with van der Waals surface area (Å²) in [4.78, 5) is 35.5. The highest BCUT2D eigenvalue weighted by Crippen LogP contribution is 2.55. The first-order chi connectivity index (χ1) is 19.8. The summed E-state index contributed by atoms with van der Waals surface area (Å²) in [6, 6.07) is 16.5. The predicted molar refractivity (Wildman–Crippen MR) is 167 cm³/mol. The molecule has 1 atom stereocenters. The van der Waals surface area contributed by atoms with Crippen LogP contribution in [0.3, 0.4) is 0 Å². The first kappa shape index (κ1) is 28.3. The molecular weight excluding hydrogens is 571 g/mol. The van der Waals surface area contributed by atoms with Gasteiger partial charge in [-0.25, -0.2) is 4.98 Å². The van der Waals surface area contributed by atoms with Gasteiger partial charge >= 0.3 is 0 Å². The lowest BCUT2D eigenvalue weighted by Gasteiger charge is -2.36. The van der Waals surface area contributed by atoms with Gasteiger partial charge in [-0.15, -0.1) is 0 Å². The third-order valence-electron chi connectivity index (χ3n) is 8.18. The zero-order valence-corrected chi connectivity index (χ0v) is 26.1. The van der Waals surface area contributed by atoms with Gasteiger partial charge in [0.25, 0.3) is 11.8 Å². The highest BCUT2D eigenvalue weighted by molar-refractivity contribution is 6.32. The number of carbonyl (C=O) groups is 2. The van der Waals surface area contributed by atoms with E-state index in [-0.39, 0.29) is 29.0 Å². The van der Waals surface area contributed by atoms with E-state index in [2.05, 4.69) is 32.2 Å². The first-order valence-electron chi connectivity index (χ1n) is 13.8. The van der Waals surface area contributed by atoms with Crippen LogP contribution in [-0.2, 0) is 15.7 Å². The molecule has 9 heteroatoms. The molecule has 0 bridgehead atoms. The van der Waals surface area contributed by atoms with Crippen molar-refractivity contribution in [3.8, 4) is 17.1 Å². The topological polar surface area (TPSA) is 76.5 Å². The van der Waals surface area contributed by atoms with Crippen molar-refractivity contribution < 1.29 is 14.3 Å². The average molecular weight is 604 g/mol. The molecule has 1 aromatic heterocycles. The number of carbonyl (C=O) groups excluding carboxylic acids is 2. The Hall–Kier alpha value is -3.81. The van der Waals surface area contributed by atoms with Crippen LogP contribution in [0.4, 0.5) is 11.4 Å². The van der Waals surface area contributed by atoms with Crippen LogP contribution in [0, 0.1) is 6.92 Å². The molecule has 3 heterocycles. The van der Waals surface area contributed by atoms with Crippen LogP contribution in [0.2, 0.25) is 10.0 Å². The number of methoxy groups -OCH3 is 1. The summed E-state index contributed by atoms with van der Waals surface area (Å²) in [6.45, 7) is 12.3. The SMILES string of the molecule is COc1cc(C(C)(C)C)ccc1-c1nc2c(n1C(C)C)C1(C(=O)Nc3cc(Cl)ccc31)N(c1cc(Cl)ccc1C)C2=O. The minimum absolute atomic E-state index is 0.0939. The largest absolute Gasteiger partial charge is 0.496 e. The van der Waals surface area contributed by atoms with Crippen molar-refractivity contribution >= 4 is 46.4 Å². The van der Waals surface area contributed by atoms with Gasteiger partial charge in [-0.1, -0.05) is 62.2 Å². The monoisotopic (exact) mass is 602 g/mol. The van der Waals surface area contributed by atoms with Gasteiger partial charge in [0.1, 0.15) is 11.6 Å². The maximum Gasteiger partial charge on any atom is 0.280 e. The molecule has 216 valence electrons. The summed E-state index contributed by atoms with van der Waals surface area (Å²) in [6.07, 6.45) is 0. The van der Waals surface area contributed by atoms with Gasteiger partial charge in [-0.05, 0) is 73.7 Å². The van der Waals surface area contributed by atoms with Crippen molar-refractivity contribution in [2.45, 2.75) is 58.5 Å². The Bertz CT molecular complexity index is 1800. The molecule has 6 rings (SSSR count). The maximum absolute atomic E-state index is 14.6. The second kappa shape index (κ2) is 9.61. The number of aryl methyl sites for hydroxylation is 1. The summed E-state index contributed by atoms with van der Waals surface area (Å²) in [7, 11) is 1.63. The number of nitrogens with one attached hydrogen (secondary N) is 1. The van der Waals surface area contributed by atoms with E-state index < -0.39 is 5.54 Å². The summed E-state index contributed by atoms with van der Waals surface area (Å²) in [5.41, 5.74) is 3.39. The van der Waals surface area contributed by atoms with Crippen LogP contribution in [0.15, 0.2) is 54.6 Å². The van der Waals surface area contributed by atoms with Crippen LogP contribution in [0.1, 0.15) is 73.5 Å². The van der Waals surface area contributed by atoms with Crippen LogP contribution >= 0.6 is 23.2 Å². The van der Waals surface area contributed by atoms with Crippen LogP contribution < -0.4 is 15.0 Å². The number of hydrogen-bond acceptors (Lipinski definition) is 4. The molecular formula is C33H32Cl2N4O3. The summed E-state index contributed by atoms with van der Waals surface area (Å²) in [5.74, 6) is 0.437. The van der Waals surface area contributed by atoms with Crippen molar-refractivity contribution in [3.63, 3.8) is 0 Å². The number of halogens is 2. The van der Waals surface area contributed by atoms with Crippen molar-refractivity contribution in [3.05, 3.63) is 92.7 Å². The maximum atomic E-state index is 14.6. The normalized spacial score (nSPS) is 17.7. The summed E-state index contributed by atoms with van der Waals surface area (Å²) < 4.78 is 7.86. The Morgan fingerprint density at radius 2 is 1.67 bits per heavy atom. The lowest BCUT2D eigenvalue weighted by molar-refractivity contribution is -0.119. The van der Waals surface area contributed by atoms with Crippen LogP contribution in [0.25, 0.3) is 11.4 Å². The minimum Gasteiger partial charge on any atom is -0.496 e. The van der Waals surface area contributed by atoms with Gasteiger partial charge in [0.2, 0.25) is 0 Å². The number of nitrogens with zero attached hydrogens (tertiary/aromatic N) is 3. The highest BCUT2D eigenvalue weighted by Gasteiger charge is 2.64. The fourth-order valence-electron chi connectivity index (χ4n) is 6.17. The van der Waals surface area contributed by atoms with E-state index >= 15 is 0 Å². The Labute approximate surface area is 255 Å². The third-order valence-corrected chi connectivity index (χ3v) is 8.65. The second-order valence-corrected chi connectivity index (χ2v) is 13.1. The van der Waals surface area contributed by atoms with Crippen molar-refractivity contribution in [2.75, 3.05) is 17.3 Å². The van der Waals surface area contributed by atoms with E-state index in [1.54, 1.807) is 42.3 Å². The molecule has 2 aliphatic rings. The molecule has 42 heavy (non-hydrogen) atoms. The average Bonchev–Trinajstić information content (AvgIpc) is 3.53. The van der Waals surface area contributed by atoms with E-state index in [0.717, 1.165) is 16.7 Å². The number of aromatic nitrogens is 2. The Morgan fingerprint density at radius 1 is 0.976 bits per heavy atom. The van der Waals surface area contributed by atoms with Crippen molar-refractivity contribution in [2.24, 2.45) is 0 Å². The lowest BCUT2D eigenvalue weighted by atomic mass is 9.86. The van der Waals surface area contributed by atoms with Gasteiger partial charge < -0.3 is 14.6 Å². The molecule has 3 aromatic carbocycles. The molecule has 0 aliphatic carbocycles. The number of benzene rings is 3. The molecule has 2 aliphatic heterocycles. The fraction of sp³-hybridized carbons (Fsp3) is 0.303. The number of rotatable bonds is 4. The number of fused-ring (bicyclic) bond motifs is 4. The molecule has 0 saturated heterocycles. The third kappa shape index (κ3) is 3.90. The fourth-order valence-corrected chi connectivity index (χ4v) is 6.51. The number of amides is 2. The molecule has 7 nitrogen and oxygen atoms in total. The van der Waals surface area contributed by atoms with E-state index in [1.807, 2.05) is 43.5 Å². The molecule has 1 spiro atoms. The van der Waals surface area contributed by atoms with Crippen molar-refractivity contribution in [1.29, 1.82) is 0 Å². The molecule has 0 saturated carbocycles. The van der Waals surface area contributed by atoms with Gasteiger partial charge in [0.15, 0.2) is 11.2 Å². The predicted octanol–water partition coefficient (Wildman–Crippen LogP) is 7.91. The molecule has 1 unspecified atom stereocenters. The van der Waals surface area contributed by atoms with E-state index in [9.17, 15) is 9.59 Å². The highest BCUT2D eigenvalue weighted by atomic mass is 35.5. The van der Waals surface area contributed by atoms with Gasteiger partial charge in [0.05, 0.1) is 24.1 Å². The van der Waals surface area contributed by atoms with Gasteiger partial charge in [-0.3, -0.25) is 14.5 Å². The van der Waals surface area contributed by atoms with Gasteiger partial charge in [0, 0.05) is 27.3 Å². The quantitative estimate of drug-likeness (QED) is 0.257. The Morgan fingerprint density at radius 3 is 2.33 bits per heavy atom. The lowest BCUT2D eigenvalue weighted by Crippen LogP contribution is -2.51. The Balaban J connectivity index is 1.71. The number of anilines is 2. The molecule has 1 N–H and O–H groups in total. The van der Waals surface area contributed by atoms with Crippen molar-refractivity contribution in [1.82, 2.24) is 9.55 Å². The number of imidazole rings is 1. The van der Waals surface area contributed by atoms with Gasteiger partial charge in [-0.2, -0.15) is 0 Å². The molecule has 0 radical (unpaired) electrons. The first-order valence-corrected chi connectivity index (χ1v) is 14.6. The standard InChI is InChI=1S/C33H32Cl2N4O3/c1-17(2)38-28-27(37-29(38)22-12-9-19(32(4,5)6)14-26(22)42-7)30(40)39(25-16-21(35)10-8-18(25)3)33(28)23-13-11-20(34)15-24(23)36-31(33)41/h8-17H,1-7H3,(H,36,41). The smallest absolute Gasteiger partial charge is 0.280 e. The summed E-state index contributed by atoms with van der Waals surface area (Å²) >= 11 is 12.8. The molecule has 0 fully saturated rings. The van der Waals surface area contributed by atoms with E-state index in [0.29, 0.717) is 44.3 Å².